The summed E-state index contributed by atoms with van der Waals surface area (Å²) in [5.74, 6) is -0.184. The van der Waals surface area contributed by atoms with Gasteiger partial charge in [-0.15, -0.1) is 0 Å². The molecular formula is C21H26N2O3S. The van der Waals surface area contributed by atoms with Crippen LogP contribution in [0.15, 0.2) is 60.7 Å². The molecule has 1 aliphatic rings. The number of carbonyl (C=O) groups excluding carboxylic acids is 1. The third kappa shape index (κ3) is 4.39. The highest BCUT2D eigenvalue weighted by molar-refractivity contribution is 7.88. The Morgan fingerprint density at radius 3 is 2.04 bits per heavy atom. The van der Waals surface area contributed by atoms with E-state index in [4.69, 9.17) is 0 Å². The van der Waals surface area contributed by atoms with E-state index in [0.717, 1.165) is 19.1 Å². The Labute approximate surface area is 161 Å². The fraction of sp³-hybridized carbons (Fsp3) is 0.381. The normalized spacial score (nSPS) is 18.1. The van der Waals surface area contributed by atoms with Crippen molar-refractivity contribution in [3.8, 4) is 0 Å². The van der Waals surface area contributed by atoms with E-state index in [1.165, 1.54) is 11.1 Å². The monoisotopic (exact) mass is 386 g/mol. The van der Waals surface area contributed by atoms with Gasteiger partial charge in [-0.1, -0.05) is 60.7 Å². The summed E-state index contributed by atoms with van der Waals surface area (Å²) >= 11 is 0. The highest BCUT2D eigenvalue weighted by Crippen LogP contribution is 2.40. The van der Waals surface area contributed by atoms with Crippen LogP contribution in [0.4, 0.5) is 0 Å². The lowest BCUT2D eigenvalue weighted by Crippen LogP contribution is -2.54. The predicted molar refractivity (Wildman–Crippen MR) is 107 cm³/mol. The van der Waals surface area contributed by atoms with E-state index in [-0.39, 0.29) is 11.3 Å². The van der Waals surface area contributed by atoms with Gasteiger partial charge in [-0.25, -0.2) is 13.1 Å². The molecule has 1 saturated heterocycles. The molecule has 1 heterocycles. The molecule has 6 heteroatoms. The quantitative estimate of drug-likeness (QED) is 0.859. The topological polar surface area (TPSA) is 66.5 Å². The molecule has 0 unspecified atom stereocenters. The lowest BCUT2D eigenvalue weighted by molar-refractivity contribution is -0.134. The van der Waals surface area contributed by atoms with Crippen LogP contribution in [0.5, 0.6) is 0 Å². The van der Waals surface area contributed by atoms with Crippen LogP contribution in [0.2, 0.25) is 0 Å². The molecule has 3 rings (SSSR count). The minimum atomic E-state index is -3.44. The van der Waals surface area contributed by atoms with Crippen molar-refractivity contribution in [1.29, 1.82) is 0 Å². The lowest BCUT2D eigenvalue weighted by atomic mass is 9.69. The van der Waals surface area contributed by atoms with Crippen LogP contribution >= 0.6 is 0 Å². The Hall–Kier alpha value is -2.18. The molecule has 1 aliphatic heterocycles. The number of likely N-dealkylation sites (tertiary alicyclic amines) is 1. The number of hydrogen-bond donors (Lipinski definition) is 1. The summed E-state index contributed by atoms with van der Waals surface area (Å²) in [5, 5.41) is 0. The van der Waals surface area contributed by atoms with Crippen LogP contribution < -0.4 is 4.72 Å². The van der Waals surface area contributed by atoms with Crippen LogP contribution in [0, 0.1) is 0 Å². The molecule has 0 spiro atoms. The molecule has 0 radical (unpaired) electrons. The number of sulfonamides is 1. The van der Waals surface area contributed by atoms with E-state index in [1.807, 2.05) is 36.4 Å². The second-order valence-electron chi connectivity index (χ2n) is 7.29. The van der Waals surface area contributed by atoms with Crippen molar-refractivity contribution < 1.29 is 13.2 Å². The number of amides is 1. The maximum atomic E-state index is 12.9. The molecule has 0 aliphatic carbocycles. The molecule has 1 atom stereocenters. The fourth-order valence-corrected chi connectivity index (χ4v) is 4.78. The zero-order valence-corrected chi connectivity index (χ0v) is 16.6. The van der Waals surface area contributed by atoms with Crippen LogP contribution in [-0.4, -0.2) is 44.6 Å². The largest absolute Gasteiger partial charge is 0.340 e. The van der Waals surface area contributed by atoms with Gasteiger partial charge in [0.2, 0.25) is 15.9 Å². The maximum Gasteiger partial charge on any atom is 0.240 e. The molecule has 2 aromatic rings. The first-order valence-corrected chi connectivity index (χ1v) is 11.1. The summed E-state index contributed by atoms with van der Waals surface area (Å²) in [5.41, 5.74) is 2.07. The molecular weight excluding hydrogens is 360 g/mol. The van der Waals surface area contributed by atoms with Crippen molar-refractivity contribution in [2.75, 3.05) is 19.3 Å². The number of rotatable bonds is 5. The Kier molecular flexibility index (Phi) is 5.67. The highest BCUT2D eigenvalue weighted by Gasteiger charge is 2.40. The molecule has 5 nitrogen and oxygen atoms in total. The summed E-state index contributed by atoms with van der Waals surface area (Å²) in [6.07, 6.45) is 2.88. The zero-order chi connectivity index (χ0) is 19.5. The van der Waals surface area contributed by atoms with E-state index in [2.05, 4.69) is 29.0 Å². The minimum Gasteiger partial charge on any atom is -0.340 e. The van der Waals surface area contributed by atoms with E-state index in [1.54, 1.807) is 11.8 Å². The Bertz CT molecular complexity index is 843. The molecule has 0 saturated carbocycles. The maximum absolute atomic E-state index is 12.9. The van der Waals surface area contributed by atoms with Crippen molar-refractivity contribution in [3.05, 3.63) is 71.8 Å². The van der Waals surface area contributed by atoms with Gasteiger partial charge in [0.05, 0.1) is 12.3 Å². The number of piperidine rings is 1. The molecule has 0 bridgehead atoms. The summed E-state index contributed by atoms with van der Waals surface area (Å²) < 4.78 is 25.4. The first-order chi connectivity index (χ1) is 12.8. The molecule has 1 fully saturated rings. The first kappa shape index (κ1) is 19.6. The van der Waals surface area contributed by atoms with Gasteiger partial charge in [0.25, 0.3) is 0 Å². The van der Waals surface area contributed by atoms with Crippen LogP contribution in [-0.2, 0) is 20.2 Å². The number of nitrogens with zero attached hydrogens (tertiary/aromatic N) is 1. The van der Waals surface area contributed by atoms with Gasteiger partial charge in [0, 0.05) is 18.5 Å². The van der Waals surface area contributed by atoms with Crippen molar-refractivity contribution in [2.24, 2.45) is 0 Å². The summed E-state index contributed by atoms with van der Waals surface area (Å²) in [6, 6.07) is 19.7. The smallest absolute Gasteiger partial charge is 0.240 e. The van der Waals surface area contributed by atoms with Crippen molar-refractivity contribution in [1.82, 2.24) is 9.62 Å². The second kappa shape index (κ2) is 7.82. The van der Waals surface area contributed by atoms with Crippen molar-refractivity contribution in [2.45, 2.75) is 31.2 Å². The molecule has 144 valence electrons. The van der Waals surface area contributed by atoms with Gasteiger partial charge in [-0.3, -0.25) is 4.79 Å². The Morgan fingerprint density at radius 2 is 1.56 bits per heavy atom. The van der Waals surface area contributed by atoms with Gasteiger partial charge < -0.3 is 4.90 Å². The van der Waals surface area contributed by atoms with Gasteiger partial charge in [-0.2, -0.15) is 0 Å². The molecule has 0 aromatic heterocycles. The Morgan fingerprint density at radius 1 is 1.04 bits per heavy atom. The average Bonchev–Trinajstić information content (AvgIpc) is 2.67. The summed E-state index contributed by atoms with van der Waals surface area (Å²) in [4.78, 5) is 14.7. The number of nitrogens with one attached hydrogen (secondary N) is 1. The average molecular weight is 387 g/mol. The number of hydrogen-bond acceptors (Lipinski definition) is 3. The SMILES string of the molecule is C[C@H](NS(C)(=O)=O)C(=O)N1CCCC(c2ccccc2)(c2ccccc2)C1. The highest BCUT2D eigenvalue weighted by atomic mass is 32.2. The number of carbonyl (C=O) groups is 1. The zero-order valence-electron chi connectivity index (χ0n) is 15.8. The van der Waals surface area contributed by atoms with Gasteiger partial charge in [0.1, 0.15) is 0 Å². The standard InChI is InChI=1S/C21H26N2O3S/c1-17(22-27(2,25)26)20(24)23-15-9-14-21(16-23,18-10-5-3-6-11-18)19-12-7-4-8-13-19/h3-8,10-13,17,22H,9,14-16H2,1-2H3/t17-/m0/s1. The summed E-state index contributed by atoms with van der Waals surface area (Å²) in [6.45, 7) is 2.77. The number of benzene rings is 2. The predicted octanol–water partition coefficient (Wildman–Crippen LogP) is 2.53. The van der Waals surface area contributed by atoms with Crippen molar-refractivity contribution in [3.63, 3.8) is 0 Å². The molecule has 27 heavy (non-hydrogen) atoms. The fourth-order valence-electron chi connectivity index (χ4n) is 4.04. The van der Waals surface area contributed by atoms with Gasteiger partial charge in [-0.05, 0) is 30.9 Å². The lowest BCUT2D eigenvalue weighted by Gasteiger charge is -2.44. The van der Waals surface area contributed by atoms with Crippen LogP contribution in [0.3, 0.4) is 0 Å². The third-order valence-corrected chi connectivity index (χ3v) is 6.00. The van der Waals surface area contributed by atoms with Crippen LogP contribution in [0.1, 0.15) is 30.9 Å². The van der Waals surface area contributed by atoms with E-state index in [9.17, 15) is 13.2 Å². The third-order valence-electron chi connectivity index (χ3n) is 5.22. The van der Waals surface area contributed by atoms with E-state index >= 15 is 0 Å². The molecule has 2 aromatic carbocycles. The minimum absolute atomic E-state index is 0.184. The van der Waals surface area contributed by atoms with Gasteiger partial charge in [0.15, 0.2) is 0 Å². The van der Waals surface area contributed by atoms with Crippen molar-refractivity contribution >= 4 is 15.9 Å². The second-order valence-corrected chi connectivity index (χ2v) is 9.07. The van der Waals surface area contributed by atoms with Crippen LogP contribution in [0.25, 0.3) is 0 Å². The summed E-state index contributed by atoms with van der Waals surface area (Å²) in [7, 11) is -3.44. The van der Waals surface area contributed by atoms with E-state index in [0.29, 0.717) is 13.1 Å². The first-order valence-electron chi connectivity index (χ1n) is 9.19. The molecule has 1 amide bonds. The van der Waals surface area contributed by atoms with Gasteiger partial charge >= 0.3 is 0 Å². The van der Waals surface area contributed by atoms with E-state index < -0.39 is 16.1 Å². The molecule has 1 N–H and O–H groups in total. The Balaban J connectivity index is 1.95.